The summed E-state index contributed by atoms with van der Waals surface area (Å²) < 4.78 is 5.63. The van der Waals surface area contributed by atoms with Crippen molar-refractivity contribution in [3.8, 4) is 17.6 Å². The number of para-hydroxylation sites is 1. The highest BCUT2D eigenvalue weighted by atomic mass is 16.5. The predicted molar refractivity (Wildman–Crippen MR) is 72.2 cm³/mol. The molecule has 94 valence electrons. The zero-order valence-electron chi connectivity index (χ0n) is 10.2. The Bertz CT molecular complexity index is 598. The zero-order chi connectivity index (χ0) is 13.5. The van der Waals surface area contributed by atoms with Crippen LogP contribution in [0.5, 0.6) is 11.5 Å². The molecule has 0 saturated carbocycles. The smallest absolute Gasteiger partial charge is 0.144 e. The van der Waals surface area contributed by atoms with Crippen LogP contribution in [0.4, 0.5) is 0 Å². The third-order valence-electron chi connectivity index (χ3n) is 2.44. The Morgan fingerprint density at radius 1 is 1.05 bits per heavy atom. The molecule has 0 saturated heterocycles. The van der Waals surface area contributed by atoms with Crippen LogP contribution >= 0.6 is 0 Å². The summed E-state index contributed by atoms with van der Waals surface area (Å²) in [6.45, 7) is -0.398. The van der Waals surface area contributed by atoms with Crippen molar-refractivity contribution in [2.45, 2.75) is 0 Å². The Balaban J connectivity index is 2.15. The molecule has 2 aromatic carbocycles. The number of nitriles is 1. The molecule has 0 atom stereocenters. The van der Waals surface area contributed by atoms with Gasteiger partial charge in [-0.3, -0.25) is 0 Å². The SMILES string of the molecule is N#CC(=NCO)c1ccc(Oc2ccccc2)cc1. The lowest BCUT2D eigenvalue weighted by Crippen LogP contribution is -1.98. The second kappa shape index (κ2) is 6.34. The van der Waals surface area contributed by atoms with Crippen LogP contribution in [0.15, 0.2) is 59.6 Å². The maximum Gasteiger partial charge on any atom is 0.144 e. The van der Waals surface area contributed by atoms with Gasteiger partial charge in [0.05, 0.1) is 0 Å². The van der Waals surface area contributed by atoms with Gasteiger partial charge in [-0.25, -0.2) is 4.99 Å². The van der Waals surface area contributed by atoms with Crippen LogP contribution in [0.3, 0.4) is 0 Å². The van der Waals surface area contributed by atoms with Gasteiger partial charge in [-0.05, 0) is 36.4 Å². The minimum absolute atomic E-state index is 0.203. The molecule has 0 unspecified atom stereocenters. The summed E-state index contributed by atoms with van der Waals surface area (Å²) in [5.41, 5.74) is 0.853. The molecule has 4 heteroatoms. The van der Waals surface area contributed by atoms with Crippen molar-refractivity contribution in [1.29, 1.82) is 5.26 Å². The van der Waals surface area contributed by atoms with Gasteiger partial charge >= 0.3 is 0 Å². The van der Waals surface area contributed by atoms with Crippen LogP contribution < -0.4 is 4.74 Å². The average molecular weight is 252 g/mol. The van der Waals surface area contributed by atoms with Crippen molar-refractivity contribution in [3.05, 3.63) is 60.2 Å². The van der Waals surface area contributed by atoms with Gasteiger partial charge in [0.25, 0.3) is 0 Å². The highest BCUT2D eigenvalue weighted by Crippen LogP contribution is 2.21. The lowest BCUT2D eigenvalue weighted by molar-refractivity contribution is 0.309. The van der Waals surface area contributed by atoms with E-state index < -0.39 is 6.73 Å². The number of aliphatic hydroxyl groups is 1. The molecule has 0 aliphatic rings. The van der Waals surface area contributed by atoms with Crippen LogP contribution in [0, 0.1) is 11.3 Å². The monoisotopic (exact) mass is 252 g/mol. The van der Waals surface area contributed by atoms with Gasteiger partial charge in [-0.15, -0.1) is 0 Å². The highest BCUT2D eigenvalue weighted by molar-refractivity contribution is 6.11. The largest absolute Gasteiger partial charge is 0.457 e. The van der Waals surface area contributed by atoms with Crippen LogP contribution in [0.2, 0.25) is 0 Å². The van der Waals surface area contributed by atoms with E-state index in [1.54, 1.807) is 24.3 Å². The Morgan fingerprint density at radius 2 is 1.68 bits per heavy atom. The number of benzene rings is 2. The van der Waals surface area contributed by atoms with Crippen molar-refractivity contribution >= 4 is 5.71 Å². The van der Waals surface area contributed by atoms with E-state index in [0.29, 0.717) is 11.3 Å². The van der Waals surface area contributed by atoms with Gasteiger partial charge in [-0.1, -0.05) is 18.2 Å². The molecule has 2 aromatic rings. The number of hydrogen-bond acceptors (Lipinski definition) is 4. The summed E-state index contributed by atoms with van der Waals surface area (Å²) in [5, 5.41) is 17.6. The zero-order valence-corrected chi connectivity index (χ0v) is 10.2. The van der Waals surface area contributed by atoms with E-state index in [0.717, 1.165) is 5.75 Å². The van der Waals surface area contributed by atoms with Gasteiger partial charge < -0.3 is 9.84 Å². The topological polar surface area (TPSA) is 65.6 Å². The predicted octanol–water partition coefficient (Wildman–Crippen LogP) is 2.74. The molecule has 0 radical (unpaired) electrons. The maximum absolute atomic E-state index is 8.89. The van der Waals surface area contributed by atoms with Gasteiger partial charge in [0.15, 0.2) is 0 Å². The Hall–Kier alpha value is -2.64. The highest BCUT2D eigenvalue weighted by Gasteiger charge is 2.03. The number of rotatable bonds is 4. The van der Waals surface area contributed by atoms with Crippen molar-refractivity contribution in [2.24, 2.45) is 4.99 Å². The Labute approximate surface area is 111 Å². The molecule has 1 N–H and O–H groups in total. The average Bonchev–Trinajstić information content (AvgIpc) is 2.47. The summed E-state index contributed by atoms with van der Waals surface area (Å²) >= 11 is 0. The molecular weight excluding hydrogens is 240 g/mol. The van der Waals surface area contributed by atoms with Crippen LogP contribution in [-0.4, -0.2) is 17.5 Å². The third-order valence-corrected chi connectivity index (χ3v) is 2.44. The molecule has 0 heterocycles. The van der Waals surface area contributed by atoms with E-state index in [-0.39, 0.29) is 5.71 Å². The summed E-state index contributed by atoms with van der Waals surface area (Å²) in [6.07, 6.45) is 0. The first kappa shape index (κ1) is 12.8. The lowest BCUT2D eigenvalue weighted by atomic mass is 10.1. The molecule has 2 rings (SSSR count). The molecule has 19 heavy (non-hydrogen) atoms. The minimum atomic E-state index is -0.398. The molecule has 4 nitrogen and oxygen atoms in total. The third kappa shape index (κ3) is 3.41. The van der Waals surface area contributed by atoms with E-state index in [4.69, 9.17) is 15.1 Å². The maximum atomic E-state index is 8.89. The van der Waals surface area contributed by atoms with Gasteiger partial charge in [0.2, 0.25) is 0 Å². The van der Waals surface area contributed by atoms with Crippen LogP contribution in [0.1, 0.15) is 5.56 Å². The van der Waals surface area contributed by atoms with Crippen molar-refractivity contribution in [1.82, 2.24) is 0 Å². The number of aliphatic imine (C=N–C) groups is 1. The molecule has 0 aliphatic carbocycles. The van der Waals surface area contributed by atoms with Crippen molar-refractivity contribution in [3.63, 3.8) is 0 Å². The van der Waals surface area contributed by atoms with Gasteiger partial charge in [-0.2, -0.15) is 5.26 Å². The van der Waals surface area contributed by atoms with E-state index in [1.807, 2.05) is 36.4 Å². The van der Waals surface area contributed by atoms with E-state index in [2.05, 4.69) is 4.99 Å². The fraction of sp³-hybridized carbons (Fsp3) is 0.0667. The van der Waals surface area contributed by atoms with Crippen LogP contribution in [0.25, 0.3) is 0 Å². The normalized spacial score (nSPS) is 10.8. The molecule has 0 spiro atoms. The van der Waals surface area contributed by atoms with E-state index >= 15 is 0 Å². The van der Waals surface area contributed by atoms with E-state index in [9.17, 15) is 0 Å². The standard InChI is InChI=1S/C15H12N2O2/c16-10-15(17-11-18)12-6-8-14(9-7-12)19-13-4-2-1-3-5-13/h1-9,18H,11H2. The first-order valence-electron chi connectivity index (χ1n) is 5.72. The summed E-state index contributed by atoms with van der Waals surface area (Å²) in [5.74, 6) is 1.43. The number of hydrogen-bond donors (Lipinski definition) is 1. The Kier molecular flexibility index (Phi) is 4.27. The molecule has 0 fully saturated rings. The molecule has 0 aromatic heterocycles. The lowest BCUT2D eigenvalue weighted by Gasteiger charge is -2.05. The van der Waals surface area contributed by atoms with Gasteiger partial charge in [0, 0.05) is 5.56 Å². The summed E-state index contributed by atoms with van der Waals surface area (Å²) in [4.78, 5) is 3.70. The summed E-state index contributed by atoms with van der Waals surface area (Å²) in [6, 6.07) is 18.3. The first-order valence-corrected chi connectivity index (χ1v) is 5.72. The second-order valence-electron chi connectivity index (χ2n) is 3.70. The second-order valence-corrected chi connectivity index (χ2v) is 3.70. The molecule has 0 bridgehead atoms. The van der Waals surface area contributed by atoms with Crippen molar-refractivity contribution in [2.75, 3.05) is 6.73 Å². The first-order chi connectivity index (χ1) is 9.33. The van der Waals surface area contributed by atoms with Gasteiger partial charge in [0.1, 0.15) is 30.0 Å². The van der Waals surface area contributed by atoms with E-state index in [1.165, 1.54) is 0 Å². The minimum Gasteiger partial charge on any atom is -0.457 e. The summed E-state index contributed by atoms with van der Waals surface area (Å²) in [7, 11) is 0. The van der Waals surface area contributed by atoms with Crippen molar-refractivity contribution < 1.29 is 9.84 Å². The van der Waals surface area contributed by atoms with Crippen LogP contribution in [-0.2, 0) is 0 Å². The number of aliphatic hydroxyl groups excluding tert-OH is 1. The molecular formula is C15H12N2O2. The number of ether oxygens (including phenoxy) is 1. The number of nitrogens with zero attached hydrogens (tertiary/aromatic N) is 2. The molecule has 0 amide bonds. The molecule has 0 aliphatic heterocycles. The Morgan fingerprint density at radius 3 is 2.26 bits per heavy atom. The fourth-order valence-corrected chi connectivity index (χ4v) is 1.57. The quantitative estimate of drug-likeness (QED) is 0.851. The fourth-order valence-electron chi connectivity index (χ4n) is 1.57.